The summed E-state index contributed by atoms with van der Waals surface area (Å²) < 4.78 is 2.09. The van der Waals surface area contributed by atoms with Crippen LogP contribution < -0.4 is 0 Å². The highest BCUT2D eigenvalue weighted by Gasteiger charge is 2.37. The van der Waals surface area contributed by atoms with E-state index in [0.717, 1.165) is 18.7 Å². The number of carbonyl (C=O) groups excluding carboxylic acids is 2. The lowest BCUT2D eigenvalue weighted by Gasteiger charge is -2.22. The quantitative estimate of drug-likeness (QED) is 0.596. The molecule has 5 rings (SSSR count). The van der Waals surface area contributed by atoms with E-state index < -0.39 is 0 Å². The first-order valence-electron chi connectivity index (χ1n) is 7.99. The van der Waals surface area contributed by atoms with Crippen molar-refractivity contribution in [1.29, 1.82) is 0 Å². The Morgan fingerprint density at radius 1 is 0.870 bits per heavy atom. The van der Waals surface area contributed by atoms with Crippen molar-refractivity contribution in [3.05, 3.63) is 81.7 Å². The molecule has 0 atom stereocenters. The lowest BCUT2D eigenvalue weighted by molar-refractivity contribution is 0.0971. The highest BCUT2D eigenvalue weighted by Crippen LogP contribution is 2.37. The van der Waals surface area contributed by atoms with Crippen LogP contribution >= 0.6 is 0 Å². The first-order valence-corrected chi connectivity index (χ1v) is 7.99. The van der Waals surface area contributed by atoms with E-state index in [1.54, 1.807) is 0 Å². The molecule has 0 N–H and O–H groups in total. The normalized spacial score (nSPS) is 18.4. The number of benzene rings is 1. The van der Waals surface area contributed by atoms with E-state index in [1.807, 2.05) is 30.5 Å². The number of ketones is 2. The second kappa shape index (κ2) is 4.42. The molecule has 3 aliphatic rings. The zero-order valence-electron chi connectivity index (χ0n) is 12.6. The third-order valence-corrected chi connectivity index (χ3v) is 5.20. The fourth-order valence-corrected chi connectivity index (χ4v) is 4.02. The molecule has 2 heterocycles. The third kappa shape index (κ3) is 1.65. The third-order valence-electron chi connectivity index (χ3n) is 5.20. The van der Waals surface area contributed by atoms with Gasteiger partial charge in [0, 0.05) is 36.0 Å². The van der Waals surface area contributed by atoms with Crippen LogP contribution in [0.25, 0.3) is 0 Å². The predicted molar refractivity (Wildman–Crippen MR) is 86.8 cm³/mol. The molecule has 0 fully saturated rings. The smallest absolute Gasteiger partial charge is 0.192 e. The van der Waals surface area contributed by atoms with Gasteiger partial charge in [-0.25, -0.2) is 0 Å². The molecular weight excluding hydrogens is 286 g/mol. The van der Waals surface area contributed by atoms with Gasteiger partial charge in [0.05, 0.1) is 11.1 Å². The number of allylic oxidation sites excluding steroid dienone is 4. The highest BCUT2D eigenvalue weighted by molar-refractivity contribution is 6.27. The van der Waals surface area contributed by atoms with E-state index in [9.17, 15) is 9.59 Å². The summed E-state index contributed by atoms with van der Waals surface area (Å²) >= 11 is 0. The Balaban J connectivity index is 1.69. The Hall–Kier alpha value is -2.68. The second-order valence-electron chi connectivity index (χ2n) is 6.43. The van der Waals surface area contributed by atoms with Gasteiger partial charge in [-0.05, 0) is 24.0 Å². The number of nitrogens with zero attached hydrogens (tertiary/aromatic N) is 1. The minimum atomic E-state index is 0.0462. The maximum absolute atomic E-state index is 13.0. The van der Waals surface area contributed by atoms with Crippen LogP contribution in [-0.4, -0.2) is 16.1 Å². The Labute approximate surface area is 133 Å². The van der Waals surface area contributed by atoms with Crippen LogP contribution in [0.15, 0.2) is 53.8 Å². The SMILES string of the molecule is O=C1C2=C(CC=CC2)C(=O)c2c1cn1c2Cc2ccccc2C1. The predicted octanol–water partition coefficient (Wildman–Crippen LogP) is 3.47. The maximum atomic E-state index is 13.0. The minimum absolute atomic E-state index is 0.0462. The summed E-state index contributed by atoms with van der Waals surface area (Å²) in [6, 6.07) is 8.30. The largest absolute Gasteiger partial charge is 0.345 e. The molecule has 1 aromatic heterocycles. The fourth-order valence-electron chi connectivity index (χ4n) is 4.02. The Morgan fingerprint density at radius 3 is 2.35 bits per heavy atom. The molecule has 2 aromatic rings. The second-order valence-corrected chi connectivity index (χ2v) is 6.43. The van der Waals surface area contributed by atoms with Gasteiger partial charge in [-0.2, -0.15) is 0 Å². The van der Waals surface area contributed by atoms with Gasteiger partial charge in [0.2, 0.25) is 0 Å². The van der Waals surface area contributed by atoms with E-state index in [1.165, 1.54) is 11.1 Å². The summed E-state index contributed by atoms with van der Waals surface area (Å²) in [4.78, 5) is 25.8. The zero-order valence-corrected chi connectivity index (χ0v) is 12.6. The maximum Gasteiger partial charge on any atom is 0.192 e. The average molecular weight is 301 g/mol. The van der Waals surface area contributed by atoms with Crippen LogP contribution in [0.1, 0.15) is 50.4 Å². The van der Waals surface area contributed by atoms with Gasteiger partial charge in [0.15, 0.2) is 11.6 Å². The number of hydrogen-bond donors (Lipinski definition) is 0. The molecule has 3 nitrogen and oxygen atoms in total. The topological polar surface area (TPSA) is 39.1 Å². The number of Topliss-reactive ketones (excluding diaryl/α,β-unsaturated/α-hetero) is 2. The number of fused-ring (bicyclic) bond motifs is 4. The molecule has 112 valence electrons. The molecule has 1 aliphatic heterocycles. The lowest BCUT2D eigenvalue weighted by atomic mass is 9.80. The van der Waals surface area contributed by atoms with Crippen molar-refractivity contribution in [2.24, 2.45) is 0 Å². The van der Waals surface area contributed by atoms with Gasteiger partial charge in [-0.1, -0.05) is 36.4 Å². The van der Waals surface area contributed by atoms with Gasteiger partial charge in [0.1, 0.15) is 0 Å². The van der Waals surface area contributed by atoms with Gasteiger partial charge in [-0.3, -0.25) is 9.59 Å². The Bertz CT molecular complexity index is 956. The number of hydrogen-bond acceptors (Lipinski definition) is 2. The van der Waals surface area contributed by atoms with Crippen LogP contribution in [0.4, 0.5) is 0 Å². The molecule has 3 heteroatoms. The van der Waals surface area contributed by atoms with Crippen molar-refractivity contribution in [3.8, 4) is 0 Å². The van der Waals surface area contributed by atoms with Crippen LogP contribution in [0.2, 0.25) is 0 Å². The summed E-state index contributed by atoms with van der Waals surface area (Å²) in [5, 5.41) is 0. The monoisotopic (exact) mass is 301 g/mol. The van der Waals surface area contributed by atoms with Gasteiger partial charge in [0.25, 0.3) is 0 Å². The summed E-state index contributed by atoms with van der Waals surface area (Å²) in [5.74, 6) is 0.108. The number of rotatable bonds is 0. The van der Waals surface area contributed by atoms with Crippen molar-refractivity contribution in [2.45, 2.75) is 25.8 Å². The first-order chi connectivity index (χ1) is 11.2. The minimum Gasteiger partial charge on any atom is -0.345 e. The van der Waals surface area contributed by atoms with Crippen molar-refractivity contribution >= 4 is 11.6 Å². The zero-order chi connectivity index (χ0) is 15.6. The van der Waals surface area contributed by atoms with Gasteiger partial charge >= 0.3 is 0 Å². The molecule has 0 saturated carbocycles. The number of carbonyl (C=O) groups is 2. The Morgan fingerprint density at radius 2 is 1.57 bits per heavy atom. The van der Waals surface area contributed by atoms with Crippen molar-refractivity contribution in [3.63, 3.8) is 0 Å². The molecule has 0 unspecified atom stereocenters. The summed E-state index contributed by atoms with van der Waals surface area (Å²) in [7, 11) is 0. The van der Waals surface area contributed by atoms with E-state index >= 15 is 0 Å². The summed E-state index contributed by atoms with van der Waals surface area (Å²) in [6.45, 7) is 0.738. The molecule has 2 aliphatic carbocycles. The molecular formula is C20H15NO2. The molecule has 0 radical (unpaired) electrons. The molecule has 0 bridgehead atoms. The highest BCUT2D eigenvalue weighted by atomic mass is 16.1. The van der Waals surface area contributed by atoms with Crippen LogP contribution in [0, 0.1) is 0 Å². The van der Waals surface area contributed by atoms with E-state index in [-0.39, 0.29) is 11.6 Å². The van der Waals surface area contributed by atoms with Gasteiger partial charge < -0.3 is 4.57 Å². The van der Waals surface area contributed by atoms with E-state index in [4.69, 9.17) is 0 Å². The molecule has 0 spiro atoms. The van der Waals surface area contributed by atoms with Gasteiger partial charge in [-0.15, -0.1) is 0 Å². The standard InChI is InChI=1S/C20H15NO2/c22-19-14-7-3-4-8-15(14)20(23)18-16(19)11-21-10-13-6-2-1-5-12(13)9-17(18)21/h1-6,11H,7-10H2. The van der Waals surface area contributed by atoms with Crippen molar-refractivity contribution in [1.82, 2.24) is 4.57 Å². The van der Waals surface area contributed by atoms with Crippen LogP contribution in [-0.2, 0) is 13.0 Å². The number of aromatic nitrogens is 1. The molecule has 0 amide bonds. The van der Waals surface area contributed by atoms with Crippen LogP contribution in [0.5, 0.6) is 0 Å². The van der Waals surface area contributed by atoms with E-state index in [2.05, 4.69) is 16.7 Å². The molecule has 1 aromatic carbocycles. The summed E-state index contributed by atoms with van der Waals surface area (Å²) in [6.07, 6.45) is 7.76. The lowest BCUT2D eigenvalue weighted by Crippen LogP contribution is -2.23. The average Bonchev–Trinajstić information content (AvgIpc) is 2.96. The van der Waals surface area contributed by atoms with Crippen LogP contribution in [0.3, 0.4) is 0 Å². The fraction of sp³-hybridized carbons (Fsp3) is 0.200. The Kier molecular flexibility index (Phi) is 2.46. The van der Waals surface area contributed by atoms with E-state index in [0.29, 0.717) is 35.1 Å². The van der Waals surface area contributed by atoms with Crippen molar-refractivity contribution in [2.75, 3.05) is 0 Å². The first kappa shape index (κ1) is 12.8. The molecule has 0 saturated heterocycles. The van der Waals surface area contributed by atoms with Crippen molar-refractivity contribution < 1.29 is 9.59 Å². The summed E-state index contributed by atoms with van der Waals surface area (Å²) in [5.41, 5.74) is 6.18. The molecule has 23 heavy (non-hydrogen) atoms.